The van der Waals surface area contributed by atoms with E-state index in [2.05, 4.69) is 45.0 Å². The third kappa shape index (κ3) is 3.00. The van der Waals surface area contributed by atoms with E-state index in [1.54, 1.807) is 25.6 Å². The fourth-order valence-electron chi connectivity index (χ4n) is 2.23. The number of methoxy groups -OCH3 is 2. The molecule has 1 N–H and O–H groups in total. The van der Waals surface area contributed by atoms with Gasteiger partial charge in [-0.2, -0.15) is 11.3 Å². The highest BCUT2D eigenvalue weighted by Gasteiger charge is 2.22. The number of thiophene rings is 1. The zero-order valence-corrected chi connectivity index (χ0v) is 14.2. The molecule has 5 heteroatoms. The van der Waals surface area contributed by atoms with E-state index in [-0.39, 0.29) is 6.04 Å². The number of rotatable bonds is 6. The molecule has 0 bridgehead atoms. The van der Waals surface area contributed by atoms with Crippen molar-refractivity contribution in [2.45, 2.75) is 13.0 Å². The van der Waals surface area contributed by atoms with Crippen LogP contribution in [-0.2, 0) is 0 Å². The van der Waals surface area contributed by atoms with E-state index in [0.717, 1.165) is 28.1 Å². The minimum atomic E-state index is 0.0747. The first-order chi connectivity index (χ1) is 9.72. The molecule has 20 heavy (non-hydrogen) atoms. The maximum atomic E-state index is 5.56. The van der Waals surface area contributed by atoms with E-state index in [0.29, 0.717) is 0 Å². The molecule has 0 aliphatic rings. The van der Waals surface area contributed by atoms with Crippen LogP contribution in [0.5, 0.6) is 11.5 Å². The van der Waals surface area contributed by atoms with E-state index < -0.39 is 0 Å². The maximum Gasteiger partial charge on any atom is 0.165 e. The van der Waals surface area contributed by atoms with E-state index in [1.807, 2.05) is 12.1 Å². The summed E-state index contributed by atoms with van der Waals surface area (Å²) in [7, 11) is 3.33. The summed E-state index contributed by atoms with van der Waals surface area (Å²) < 4.78 is 12.1. The van der Waals surface area contributed by atoms with Crippen LogP contribution in [0.4, 0.5) is 0 Å². The van der Waals surface area contributed by atoms with Crippen LogP contribution in [0.3, 0.4) is 0 Å². The summed E-state index contributed by atoms with van der Waals surface area (Å²) in [6.45, 7) is 2.97. The molecule has 0 radical (unpaired) electrons. The van der Waals surface area contributed by atoms with Gasteiger partial charge in [0.2, 0.25) is 0 Å². The van der Waals surface area contributed by atoms with Crippen molar-refractivity contribution < 1.29 is 9.47 Å². The summed E-state index contributed by atoms with van der Waals surface area (Å²) in [6.07, 6.45) is 0. The van der Waals surface area contributed by atoms with Gasteiger partial charge in [-0.15, -0.1) is 0 Å². The molecule has 0 spiro atoms. The van der Waals surface area contributed by atoms with E-state index >= 15 is 0 Å². The summed E-state index contributed by atoms with van der Waals surface area (Å²) in [5.41, 5.74) is 2.29. The highest BCUT2D eigenvalue weighted by molar-refractivity contribution is 9.10. The lowest BCUT2D eigenvalue weighted by molar-refractivity contribution is 0.349. The van der Waals surface area contributed by atoms with Gasteiger partial charge in [-0.3, -0.25) is 0 Å². The molecule has 3 nitrogen and oxygen atoms in total. The Labute approximate surface area is 132 Å². The number of benzene rings is 1. The Morgan fingerprint density at radius 2 is 2.00 bits per heavy atom. The summed E-state index contributed by atoms with van der Waals surface area (Å²) in [4.78, 5) is 0. The quantitative estimate of drug-likeness (QED) is 0.840. The third-order valence-corrected chi connectivity index (χ3v) is 4.86. The van der Waals surface area contributed by atoms with Crippen LogP contribution in [0.15, 0.2) is 33.4 Å². The molecule has 0 saturated carbocycles. The average Bonchev–Trinajstić information content (AvgIpc) is 2.89. The molecule has 2 rings (SSSR count). The van der Waals surface area contributed by atoms with Crippen LogP contribution >= 0.6 is 27.3 Å². The van der Waals surface area contributed by atoms with Gasteiger partial charge >= 0.3 is 0 Å². The first-order valence-corrected chi connectivity index (χ1v) is 8.12. The monoisotopic (exact) mass is 355 g/mol. The molecule has 1 aromatic heterocycles. The average molecular weight is 356 g/mol. The van der Waals surface area contributed by atoms with E-state index in [9.17, 15) is 0 Å². The smallest absolute Gasteiger partial charge is 0.165 e. The molecule has 2 aromatic rings. The molecule has 0 saturated heterocycles. The number of nitrogens with one attached hydrogen (secondary N) is 1. The molecular weight excluding hydrogens is 338 g/mol. The highest BCUT2D eigenvalue weighted by atomic mass is 79.9. The van der Waals surface area contributed by atoms with Crippen molar-refractivity contribution in [3.8, 4) is 11.5 Å². The first-order valence-electron chi connectivity index (χ1n) is 6.38. The van der Waals surface area contributed by atoms with E-state index in [1.165, 1.54) is 5.56 Å². The Morgan fingerprint density at radius 1 is 1.20 bits per heavy atom. The van der Waals surface area contributed by atoms with Crippen molar-refractivity contribution in [3.63, 3.8) is 0 Å². The second-order valence-corrected chi connectivity index (χ2v) is 5.85. The van der Waals surface area contributed by atoms with Crippen LogP contribution in [-0.4, -0.2) is 20.8 Å². The maximum absolute atomic E-state index is 5.56. The number of hydrogen-bond donors (Lipinski definition) is 1. The Balaban J connectivity index is 2.52. The van der Waals surface area contributed by atoms with Gasteiger partial charge in [-0.1, -0.05) is 19.1 Å². The number of hydrogen-bond acceptors (Lipinski definition) is 4. The first kappa shape index (κ1) is 15.4. The highest BCUT2D eigenvalue weighted by Crippen LogP contribution is 2.39. The van der Waals surface area contributed by atoms with Crippen molar-refractivity contribution >= 4 is 27.3 Å². The van der Waals surface area contributed by atoms with Crippen LogP contribution in [0.25, 0.3) is 0 Å². The van der Waals surface area contributed by atoms with Gasteiger partial charge in [0, 0.05) is 15.4 Å². The van der Waals surface area contributed by atoms with Gasteiger partial charge in [-0.05, 0) is 39.5 Å². The third-order valence-electron chi connectivity index (χ3n) is 3.11. The van der Waals surface area contributed by atoms with Crippen molar-refractivity contribution in [3.05, 3.63) is 44.6 Å². The zero-order valence-electron chi connectivity index (χ0n) is 11.8. The SMILES string of the molecule is CCNC(c1cscc1Br)c1cccc(OC)c1OC. The molecule has 0 aliphatic carbocycles. The van der Waals surface area contributed by atoms with Crippen molar-refractivity contribution in [2.24, 2.45) is 0 Å². The van der Waals surface area contributed by atoms with Gasteiger partial charge in [0.15, 0.2) is 11.5 Å². The standard InChI is InChI=1S/C15H18BrNO2S/c1-4-17-14(11-8-20-9-12(11)16)10-6-5-7-13(18-2)15(10)19-3/h5-9,14,17H,4H2,1-3H3. The predicted octanol–water partition coefficient (Wildman–Crippen LogP) is 4.23. The minimum absolute atomic E-state index is 0.0747. The number of ether oxygens (including phenoxy) is 2. The van der Waals surface area contributed by atoms with Crippen LogP contribution < -0.4 is 14.8 Å². The van der Waals surface area contributed by atoms with E-state index in [4.69, 9.17) is 9.47 Å². The lowest BCUT2D eigenvalue weighted by Crippen LogP contribution is -2.22. The molecule has 0 fully saturated rings. The van der Waals surface area contributed by atoms with Gasteiger partial charge in [0.05, 0.1) is 20.3 Å². The van der Waals surface area contributed by atoms with Crippen molar-refractivity contribution in [1.29, 1.82) is 0 Å². The summed E-state index contributed by atoms with van der Waals surface area (Å²) >= 11 is 5.29. The van der Waals surface area contributed by atoms with Gasteiger partial charge in [-0.25, -0.2) is 0 Å². The second kappa shape index (κ2) is 7.11. The largest absolute Gasteiger partial charge is 0.493 e. The second-order valence-electron chi connectivity index (χ2n) is 4.25. The van der Waals surface area contributed by atoms with Gasteiger partial charge in [0.25, 0.3) is 0 Å². The number of para-hydroxylation sites is 1. The molecule has 108 valence electrons. The Morgan fingerprint density at radius 3 is 2.55 bits per heavy atom. The number of halogens is 1. The van der Waals surface area contributed by atoms with Crippen LogP contribution in [0.1, 0.15) is 24.1 Å². The molecule has 0 aliphatic heterocycles. The summed E-state index contributed by atoms with van der Waals surface area (Å²) in [6, 6.07) is 6.04. The molecule has 1 aromatic carbocycles. The normalized spacial score (nSPS) is 12.2. The summed E-state index contributed by atoms with van der Waals surface area (Å²) in [5, 5.41) is 7.75. The zero-order chi connectivity index (χ0) is 14.5. The fraction of sp³-hybridized carbons (Fsp3) is 0.333. The van der Waals surface area contributed by atoms with Gasteiger partial charge in [0.1, 0.15) is 0 Å². The predicted molar refractivity (Wildman–Crippen MR) is 87.1 cm³/mol. The fourth-order valence-corrected chi connectivity index (χ4v) is 3.78. The van der Waals surface area contributed by atoms with Crippen molar-refractivity contribution in [2.75, 3.05) is 20.8 Å². The molecule has 1 heterocycles. The minimum Gasteiger partial charge on any atom is -0.493 e. The van der Waals surface area contributed by atoms with Crippen molar-refractivity contribution in [1.82, 2.24) is 5.32 Å². The molecular formula is C15H18BrNO2S. The lowest BCUT2D eigenvalue weighted by Gasteiger charge is -2.22. The Bertz CT molecular complexity index is 571. The summed E-state index contributed by atoms with van der Waals surface area (Å²) in [5.74, 6) is 1.53. The van der Waals surface area contributed by atoms with Gasteiger partial charge < -0.3 is 14.8 Å². The molecule has 1 atom stereocenters. The lowest BCUT2D eigenvalue weighted by atomic mass is 9.99. The Hall–Kier alpha value is -1.04. The Kier molecular flexibility index (Phi) is 5.46. The molecule has 0 amide bonds. The molecule has 1 unspecified atom stereocenters. The topological polar surface area (TPSA) is 30.5 Å². The van der Waals surface area contributed by atoms with Crippen LogP contribution in [0, 0.1) is 0 Å². The van der Waals surface area contributed by atoms with Crippen LogP contribution in [0.2, 0.25) is 0 Å².